The van der Waals surface area contributed by atoms with Gasteiger partial charge in [0.05, 0.1) is 6.61 Å². The SMILES string of the molecule is CCCn1c(N)c(NC(C)COC)c(=O)[nH]c1=O. The van der Waals surface area contributed by atoms with Crippen LogP contribution in [0.4, 0.5) is 11.5 Å². The number of hydrogen-bond donors (Lipinski definition) is 3. The molecule has 0 bridgehead atoms. The Labute approximate surface area is 105 Å². The number of ether oxygens (including phenoxy) is 1. The molecule has 1 heterocycles. The highest BCUT2D eigenvalue weighted by Gasteiger charge is 2.13. The normalized spacial score (nSPS) is 12.4. The lowest BCUT2D eigenvalue weighted by Crippen LogP contribution is -2.36. The second-order valence-corrected chi connectivity index (χ2v) is 4.17. The van der Waals surface area contributed by atoms with Gasteiger partial charge in [-0.2, -0.15) is 0 Å². The van der Waals surface area contributed by atoms with Gasteiger partial charge in [0.15, 0.2) is 0 Å². The Kier molecular flexibility index (Phi) is 4.96. The van der Waals surface area contributed by atoms with E-state index >= 15 is 0 Å². The molecule has 0 amide bonds. The minimum atomic E-state index is -0.507. The molecular weight excluding hydrogens is 236 g/mol. The van der Waals surface area contributed by atoms with Crippen molar-refractivity contribution in [3.8, 4) is 0 Å². The van der Waals surface area contributed by atoms with Crippen LogP contribution in [0.2, 0.25) is 0 Å². The van der Waals surface area contributed by atoms with Crippen molar-refractivity contribution in [1.82, 2.24) is 9.55 Å². The van der Waals surface area contributed by atoms with Gasteiger partial charge in [-0.15, -0.1) is 0 Å². The monoisotopic (exact) mass is 256 g/mol. The van der Waals surface area contributed by atoms with Crippen LogP contribution < -0.4 is 22.3 Å². The average molecular weight is 256 g/mol. The van der Waals surface area contributed by atoms with E-state index in [1.165, 1.54) is 4.57 Å². The van der Waals surface area contributed by atoms with E-state index in [9.17, 15) is 9.59 Å². The maximum Gasteiger partial charge on any atom is 0.330 e. The number of rotatable bonds is 6. The number of H-pyrrole nitrogens is 1. The van der Waals surface area contributed by atoms with E-state index in [4.69, 9.17) is 10.5 Å². The van der Waals surface area contributed by atoms with Gasteiger partial charge in [-0.1, -0.05) is 6.92 Å². The Morgan fingerprint density at radius 1 is 1.50 bits per heavy atom. The molecule has 0 spiro atoms. The van der Waals surface area contributed by atoms with Crippen molar-refractivity contribution < 1.29 is 4.74 Å². The van der Waals surface area contributed by atoms with Gasteiger partial charge in [0.25, 0.3) is 5.56 Å². The molecule has 1 aromatic heterocycles. The van der Waals surface area contributed by atoms with E-state index in [2.05, 4.69) is 10.3 Å². The number of aromatic nitrogens is 2. The molecule has 1 atom stereocenters. The summed E-state index contributed by atoms with van der Waals surface area (Å²) >= 11 is 0. The molecule has 0 saturated carbocycles. The van der Waals surface area contributed by atoms with Crippen LogP contribution >= 0.6 is 0 Å². The number of nitrogens with zero attached hydrogens (tertiary/aromatic N) is 1. The van der Waals surface area contributed by atoms with Crippen LogP contribution in [0, 0.1) is 0 Å². The molecule has 7 nitrogen and oxygen atoms in total. The summed E-state index contributed by atoms with van der Waals surface area (Å²) in [4.78, 5) is 25.5. The molecule has 0 aliphatic carbocycles. The second-order valence-electron chi connectivity index (χ2n) is 4.17. The van der Waals surface area contributed by atoms with Gasteiger partial charge in [-0.25, -0.2) is 4.79 Å². The van der Waals surface area contributed by atoms with Crippen molar-refractivity contribution >= 4 is 11.5 Å². The van der Waals surface area contributed by atoms with Crippen LogP contribution in [0.5, 0.6) is 0 Å². The summed E-state index contributed by atoms with van der Waals surface area (Å²) in [6.45, 7) is 4.69. The third-order valence-electron chi connectivity index (χ3n) is 2.49. The van der Waals surface area contributed by atoms with Gasteiger partial charge in [0, 0.05) is 19.7 Å². The molecule has 18 heavy (non-hydrogen) atoms. The third-order valence-corrected chi connectivity index (χ3v) is 2.49. The topological polar surface area (TPSA) is 102 Å². The Morgan fingerprint density at radius 2 is 2.17 bits per heavy atom. The standard InChI is InChI=1S/C11H20N4O3/c1-4-5-15-9(12)8(10(16)14-11(15)17)13-7(2)6-18-3/h7,13H,4-6,12H2,1-3H3,(H,14,16,17). The molecule has 0 aromatic carbocycles. The van der Waals surface area contributed by atoms with Gasteiger partial charge in [-0.05, 0) is 13.3 Å². The number of hydrogen-bond acceptors (Lipinski definition) is 5. The van der Waals surface area contributed by atoms with Gasteiger partial charge in [0.2, 0.25) is 0 Å². The number of nitrogen functional groups attached to an aromatic ring is 1. The molecular formula is C11H20N4O3. The van der Waals surface area contributed by atoms with Crippen LogP contribution in [0.25, 0.3) is 0 Å². The zero-order valence-corrected chi connectivity index (χ0v) is 10.9. The van der Waals surface area contributed by atoms with E-state index < -0.39 is 11.2 Å². The summed E-state index contributed by atoms with van der Waals surface area (Å²) in [5.74, 6) is 0.161. The van der Waals surface area contributed by atoms with Crippen molar-refractivity contribution in [3.63, 3.8) is 0 Å². The minimum Gasteiger partial charge on any atom is -0.383 e. The molecule has 1 unspecified atom stereocenters. The Balaban J connectivity index is 3.15. The van der Waals surface area contributed by atoms with E-state index in [1.54, 1.807) is 7.11 Å². The molecule has 0 aliphatic heterocycles. The largest absolute Gasteiger partial charge is 0.383 e. The summed E-state index contributed by atoms with van der Waals surface area (Å²) in [6, 6.07) is -0.0778. The summed E-state index contributed by atoms with van der Waals surface area (Å²) < 4.78 is 6.32. The quantitative estimate of drug-likeness (QED) is 0.663. The maximum atomic E-state index is 11.7. The fourth-order valence-corrected chi connectivity index (χ4v) is 1.71. The zero-order chi connectivity index (χ0) is 13.7. The predicted octanol–water partition coefficient (Wildman–Crippen LogP) is -0.0244. The van der Waals surface area contributed by atoms with Gasteiger partial charge in [0.1, 0.15) is 11.5 Å². The van der Waals surface area contributed by atoms with Crippen LogP contribution in [0.3, 0.4) is 0 Å². The molecule has 1 rings (SSSR count). The Hall–Kier alpha value is -1.76. The fourth-order valence-electron chi connectivity index (χ4n) is 1.71. The maximum absolute atomic E-state index is 11.7. The molecule has 0 radical (unpaired) electrons. The predicted molar refractivity (Wildman–Crippen MR) is 71.0 cm³/mol. The van der Waals surface area contributed by atoms with Crippen LogP contribution in [-0.2, 0) is 11.3 Å². The van der Waals surface area contributed by atoms with Crippen molar-refractivity contribution in [2.45, 2.75) is 32.9 Å². The smallest absolute Gasteiger partial charge is 0.330 e. The summed E-state index contributed by atoms with van der Waals surface area (Å²) in [6.07, 6.45) is 0.753. The van der Waals surface area contributed by atoms with Crippen molar-refractivity contribution in [3.05, 3.63) is 20.8 Å². The lowest BCUT2D eigenvalue weighted by Gasteiger charge is -2.17. The first-order valence-corrected chi connectivity index (χ1v) is 5.89. The second kappa shape index (κ2) is 6.25. The first-order valence-electron chi connectivity index (χ1n) is 5.89. The fraction of sp³-hybridized carbons (Fsp3) is 0.636. The highest BCUT2D eigenvalue weighted by molar-refractivity contribution is 5.60. The van der Waals surface area contributed by atoms with Crippen LogP contribution in [0.1, 0.15) is 20.3 Å². The number of anilines is 2. The minimum absolute atomic E-state index is 0.0778. The van der Waals surface area contributed by atoms with Crippen LogP contribution in [0.15, 0.2) is 9.59 Å². The molecule has 0 saturated heterocycles. The first kappa shape index (κ1) is 14.3. The number of methoxy groups -OCH3 is 1. The van der Waals surface area contributed by atoms with Gasteiger partial charge in [-0.3, -0.25) is 14.3 Å². The summed E-state index contributed by atoms with van der Waals surface area (Å²) in [5, 5.41) is 2.95. The molecule has 7 heteroatoms. The third kappa shape index (κ3) is 3.13. The van der Waals surface area contributed by atoms with E-state index in [0.717, 1.165) is 6.42 Å². The molecule has 4 N–H and O–H groups in total. The Bertz CT molecular complexity index is 506. The first-order chi connectivity index (χ1) is 8.51. The summed E-state index contributed by atoms with van der Waals surface area (Å²) in [7, 11) is 1.57. The van der Waals surface area contributed by atoms with E-state index in [-0.39, 0.29) is 17.5 Å². The number of nitrogens with one attached hydrogen (secondary N) is 2. The lowest BCUT2D eigenvalue weighted by atomic mass is 10.3. The Morgan fingerprint density at radius 3 is 2.72 bits per heavy atom. The van der Waals surface area contributed by atoms with E-state index in [1.807, 2.05) is 13.8 Å². The highest BCUT2D eigenvalue weighted by Crippen LogP contribution is 2.11. The average Bonchev–Trinajstić information content (AvgIpc) is 2.30. The van der Waals surface area contributed by atoms with Gasteiger partial charge >= 0.3 is 5.69 Å². The molecule has 1 aromatic rings. The molecule has 0 fully saturated rings. The molecule has 102 valence electrons. The highest BCUT2D eigenvalue weighted by atomic mass is 16.5. The van der Waals surface area contributed by atoms with Crippen molar-refractivity contribution in [2.75, 3.05) is 24.8 Å². The van der Waals surface area contributed by atoms with Crippen molar-refractivity contribution in [1.29, 1.82) is 0 Å². The number of aromatic amines is 1. The molecule has 0 aliphatic rings. The number of nitrogens with two attached hydrogens (primary N) is 1. The van der Waals surface area contributed by atoms with E-state index in [0.29, 0.717) is 13.2 Å². The lowest BCUT2D eigenvalue weighted by molar-refractivity contribution is 0.190. The van der Waals surface area contributed by atoms with Crippen molar-refractivity contribution in [2.24, 2.45) is 0 Å². The summed E-state index contributed by atoms with van der Waals surface area (Å²) in [5.41, 5.74) is 5.08. The van der Waals surface area contributed by atoms with Gasteiger partial charge < -0.3 is 15.8 Å². The van der Waals surface area contributed by atoms with Crippen LogP contribution in [-0.4, -0.2) is 29.3 Å². The zero-order valence-electron chi connectivity index (χ0n) is 10.9.